The van der Waals surface area contributed by atoms with Crippen LogP contribution in [0.2, 0.25) is 0 Å². The van der Waals surface area contributed by atoms with Gasteiger partial charge in [-0.1, -0.05) is 0 Å². The van der Waals surface area contributed by atoms with E-state index in [1.807, 2.05) is 0 Å². The highest BCUT2D eigenvalue weighted by molar-refractivity contribution is 5.41. The molecule has 0 spiro atoms. The van der Waals surface area contributed by atoms with E-state index in [0.717, 1.165) is 11.6 Å². The molecule has 0 saturated carbocycles. The van der Waals surface area contributed by atoms with E-state index in [2.05, 4.69) is 43.6 Å². The summed E-state index contributed by atoms with van der Waals surface area (Å²) in [6, 6.07) is 2.93. The van der Waals surface area contributed by atoms with E-state index >= 15 is 0 Å². The molecule has 20 heavy (non-hydrogen) atoms. The van der Waals surface area contributed by atoms with Crippen LogP contribution in [-0.2, 0) is 5.41 Å². The average molecular weight is 271 g/mol. The van der Waals surface area contributed by atoms with Crippen molar-refractivity contribution in [2.24, 2.45) is 5.92 Å². The van der Waals surface area contributed by atoms with Crippen LogP contribution in [0.3, 0.4) is 0 Å². The lowest BCUT2D eigenvalue weighted by Crippen LogP contribution is -2.72. The molecule has 108 valence electrons. The minimum atomic E-state index is 0.314. The third-order valence-electron chi connectivity index (χ3n) is 5.92. The zero-order valence-corrected chi connectivity index (χ0v) is 13.1. The van der Waals surface area contributed by atoms with Crippen molar-refractivity contribution in [2.45, 2.75) is 45.6 Å². The second-order valence-electron chi connectivity index (χ2n) is 7.37. The third kappa shape index (κ3) is 1.57. The van der Waals surface area contributed by atoms with E-state index in [4.69, 9.17) is 4.98 Å². The van der Waals surface area contributed by atoms with E-state index in [9.17, 15) is 0 Å². The Balaban J connectivity index is 1.88. The monoisotopic (exact) mass is 271 g/mol. The van der Waals surface area contributed by atoms with Crippen molar-refractivity contribution in [2.75, 3.05) is 26.3 Å². The number of aryl methyl sites for hydroxylation is 3. The van der Waals surface area contributed by atoms with Gasteiger partial charge in [0.15, 0.2) is 0 Å². The first-order chi connectivity index (χ1) is 9.49. The Bertz CT molecular complexity index is 528. The predicted molar refractivity (Wildman–Crippen MR) is 80.8 cm³/mol. The van der Waals surface area contributed by atoms with Gasteiger partial charge in [-0.05, 0) is 57.2 Å². The molecule has 5 rings (SSSR count). The van der Waals surface area contributed by atoms with Crippen LogP contribution in [0.5, 0.6) is 0 Å². The van der Waals surface area contributed by atoms with Gasteiger partial charge in [0.25, 0.3) is 0 Å². The van der Waals surface area contributed by atoms with Gasteiger partial charge < -0.3 is 0 Å². The van der Waals surface area contributed by atoms with Crippen LogP contribution in [0, 0.1) is 26.7 Å². The van der Waals surface area contributed by atoms with Gasteiger partial charge >= 0.3 is 0 Å². The maximum absolute atomic E-state index is 4.79. The van der Waals surface area contributed by atoms with Crippen LogP contribution >= 0.6 is 0 Å². The molecule has 4 saturated heterocycles. The van der Waals surface area contributed by atoms with E-state index < -0.39 is 0 Å². The van der Waals surface area contributed by atoms with Crippen molar-refractivity contribution >= 4 is 0 Å². The van der Waals surface area contributed by atoms with Gasteiger partial charge in [0, 0.05) is 42.5 Å². The van der Waals surface area contributed by atoms with Crippen LogP contribution in [0.1, 0.15) is 35.9 Å². The van der Waals surface area contributed by atoms with Gasteiger partial charge in [0.05, 0.1) is 6.67 Å². The van der Waals surface area contributed by atoms with E-state index in [-0.39, 0.29) is 0 Å². The summed E-state index contributed by atoms with van der Waals surface area (Å²) in [7, 11) is 0. The second-order valence-corrected chi connectivity index (χ2v) is 7.37. The standard InChI is InChI=1S/C17H25N3/c1-11-5-12(2)18-13(3)16(11)17-6-15-7-19(9-17)10-20(8-15)14(17)4/h5,14-15H,6-10H2,1-4H3. The Morgan fingerprint density at radius 2 is 2.05 bits per heavy atom. The molecule has 0 radical (unpaired) electrons. The Morgan fingerprint density at radius 3 is 2.75 bits per heavy atom. The Hall–Kier alpha value is -0.930. The first-order valence-corrected chi connectivity index (χ1v) is 7.91. The van der Waals surface area contributed by atoms with Crippen LogP contribution in [0.25, 0.3) is 0 Å². The molecule has 5 atom stereocenters. The first-order valence-electron chi connectivity index (χ1n) is 7.91. The quantitative estimate of drug-likeness (QED) is 0.781. The van der Waals surface area contributed by atoms with Crippen molar-refractivity contribution in [1.82, 2.24) is 14.8 Å². The predicted octanol–water partition coefficient (Wildman–Crippen LogP) is 2.24. The lowest BCUT2D eigenvalue weighted by molar-refractivity contribution is -0.121. The van der Waals surface area contributed by atoms with Crippen LogP contribution in [0.15, 0.2) is 6.07 Å². The summed E-state index contributed by atoms with van der Waals surface area (Å²) < 4.78 is 0. The van der Waals surface area contributed by atoms with Gasteiger partial charge in [0.2, 0.25) is 0 Å². The molecule has 0 N–H and O–H groups in total. The number of hydrogen-bond donors (Lipinski definition) is 0. The number of pyridine rings is 1. The number of rotatable bonds is 1. The summed E-state index contributed by atoms with van der Waals surface area (Å²) in [4.78, 5) is 10.1. The molecule has 4 fully saturated rings. The largest absolute Gasteiger partial charge is 0.289 e. The Morgan fingerprint density at radius 1 is 1.25 bits per heavy atom. The van der Waals surface area contributed by atoms with Gasteiger partial charge in [-0.25, -0.2) is 0 Å². The average Bonchev–Trinajstić information content (AvgIpc) is 2.33. The lowest BCUT2D eigenvalue weighted by Gasteiger charge is -2.63. The van der Waals surface area contributed by atoms with Crippen molar-refractivity contribution in [3.63, 3.8) is 0 Å². The molecular formula is C17H25N3. The number of hydrogen-bond acceptors (Lipinski definition) is 3. The van der Waals surface area contributed by atoms with Crippen molar-refractivity contribution in [3.05, 3.63) is 28.6 Å². The minimum Gasteiger partial charge on any atom is -0.289 e. The van der Waals surface area contributed by atoms with Crippen molar-refractivity contribution in [1.29, 1.82) is 0 Å². The maximum Gasteiger partial charge on any atom is 0.0509 e. The molecule has 0 aromatic carbocycles. The van der Waals surface area contributed by atoms with Crippen molar-refractivity contribution < 1.29 is 0 Å². The molecule has 4 aliphatic heterocycles. The third-order valence-corrected chi connectivity index (χ3v) is 5.92. The molecule has 0 aliphatic carbocycles. The summed E-state index contributed by atoms with van der Waals surface area (Å²) in [5.41, 5.74) is 5.73. The van der Waals surface area contributed by atoms with E-state index in [1.54, 1.807) is 5.56 Å². The topological polar surface area (TPSA) is 19.4 Å². The molecule has 1 aromatic rings. The van der Waals surface area contributed by atoms with Gasteiger partial charge in [-0.15, -0.1) is 0 Å². The van der Waals surface area contributed by atoms with Crippen LogP contribution in [-0.4, -0.2) is 47.1 Å². The zero-order valence-electron chi connectivity index (χ0n) is 13.1. The highest BCUT2D eigenvalue weighted by atomic mass is 15.4. The van der Waals surface area contributed by atoms with Crippen molar-refractivity contribution in [3.8, 4) is 0 Å². The molecule has 3 heteroatoms. The zero-order chi connectivity index (χ0) is 14.1. The van der Waals surface area contributed by atoms with Gasteiger partial charge in [-0.3, -0.25) is 14.8 Å². The lowest BCUT2D eigenvalue weighted by atomic mass is 9.61. The van der Waals surface area contributed by atoms with Gasteiger partial charge in [-0.2, -0.15) is 0 Å². The van der Waals surface area contributed by atoms with Crippen LogP contribution in [0.4, 0.5) is 0 Å². The molecular weight excluding hydrogens is 246 g/mol. The van der Waals surface area contributed by atoms with E-state index in [0.29, 0.717) is 11.5 Å². The second kappa shape index (κ2) is 4.05. The van der Waals surface area contributed by atoms with E-state index in [1.165, 1.54) is 44.0 Å². The highest BCUT2D eigenvalue weighted by Gasteiger charge is 2.55. The fraction of sp³-hybridized carbons (Fsp3) is 0.706. The van der Waals surface area contributed by atoms with Gasteiger partial charge in [0.1, 0.15) is 0 Å². The smallest absolute Gasteiger partial charge is 0.0509 e. The SMILES string of the molecule is Cc1cc(C)c(C23CC4CN(CN(C4)C2C)C3)c(C)n1. The fourth-order valence-electron chi connectivity index (χ4n) is 5.45. The molecule has 1 aromatic heterocycles. The number of nitrogens with zero attached hydrogens (tertiary/aromatic N) is 3. The summed E-state index contributed by atoms with van der Waals surface area (Å²) in [5.74, 6) is 0.855. The number of piperidine rings is 2. The summed E-state index contributed by atoms with van der Waals surface area (Å²) >= 11 is 0. The summed E-state index contributed by atoms with van der Waals surface area (Å²) in [5, 5.41) is 0. The summed E-state index contributed by atoms with van der Waals surface area (Å²) in [6.07, 6.45) is 1.35. The maximum atomic E-state index is 4.79. The normalized spacial score (nSPS) is 42.2. The molecule has 0 amide bonds. The molecule has 5 heterocycles. The fourth-order valence-corrected chi connectivity index (χ4v) is 5.45. The molecule has 4 bridgehead atoms. The van der Waals surface area contributed by atoms with Crippen LogP contribution < -0.4 is 0 Å². The molecule has 5 unspecified atom stereocenters. The molecule has 4 aliphatic rings. The molecule has 3 nitrogen and oxygen atoms in total. The highest BCUT2D eigenvalue weighted by Crippen LogP contribution is 2.49. The first kappa shape index (κ1) is 12.8. The Kier molecular flexibility index (Phi) is 2.59. The summed E-state index contributed by atoms with van der Waals surface area (Å²) in [6.45, 7) is 14.1. The Labute approximate surface area is 122 Å². The number of aromatic nitrogens is 1. The minimum absolute atomic E-state index is 0.314.